The molecule has 0 aromatic carbocycles. The third-order valence-corrected chi connectivity index (χ3v) is 6.83. The molecule has 0 radical (unpaired) electrons. The van der Waals surface area contributed by atoms with Gasteiger partial charge < -0.3 is 9.64 Å². The summed E-state index contributed by atoms with van der Waals surface area (Å²) in [6, 6.07) is 0.197. The van der Waals surface area contributed by atoms with Crippen LogP contribution < -0.4 is 4.90 Å². The second-order valence-corrected chi connectivity index (χ2v) is 9.21. The first-order valence-corrected chi connectivity index (χ1v) is 10.8. The number of ether oxygens (including phenoxy) is 1. The lowest BCUT2D eigenvalue weighted by Crippen LogP contribution is -3.12. The quantitative estimate of drug-likeness (QED) is 0.642. The average molecular weight is 407 g/mol. The zero-order valence-corrected chi connectivity index (χ0v) is 17.7. The highest BCUT2D eigenvalue weighted by molar-refractivity contribution is 7.99. The minimum absolute atomic E-state index is 0.197. The number of thiophene rings is 1. The fraction of sp³-hybridized carbons (Fsp3) is 0.588. The fourth-order valence-corrected chi connectivity index (χ4v) is 5.34. The van der Waals surface area contributed by atoms with E-state index in [2.05, 4.69) is 43.2 Å². The van der Waals surface area contributed by atoms with E-state index in [1.165, 1.54) is 27.1 Å². The number of aryl methyl sites for hydroxylation is 2. The Morgan fingerprint density at radius 1 is 1.22 bits per heavy atom. The van der Waals surface area contributed by atoms with Crippen molar-refractivity contribution in [3.05, 3.63) is 16.3 Å². The Labute approximate surface area is 166 Å². The number of nitrogens with one attached hydrogen (secondary N) is 1. The Bertz CT molecular complexity index is 946. The Morgan fingerprint density at radius 3 is 2.74 bits per heavy atom. The molecule has 3 aromatic heterocycles. The van der Waals surface area contributed by atoms with Crippen LogP contribution in [-0.4, -0.2) is 56.5 Å². The van der Waals surface area contributed by atoms with Gasteiger partial charge in [-0.25, -0.2) is 14.6 Å². The summed E-state index contributed by atoms with van der Waals surface area (Å²) in [5.41, 5.74) is 1.24. The maximum absolute atomic E-state index is 5.47. The lowest BCUT2D eigenvalue weighted by Gasteiger charge is -2.23. The molecule has 3 aromatic rings. The largest absolute Gasteiger partial charge is 0.370 e. The lowest BCUT2D eigenvalue weighted by atomic mass is 10.2. The van der Waals surface area contributed by atoms with Crippen molar-refractivity contribution >= 4 is 33.3 Å². The van der Waals surface area contributed by atoms with Gasteiger partial charge >= 0.3 is 0 Å². The summed E-state index contributed by atoms with van der Waals surface area (Å²) in [6.45, 7) is 12.8. The minimum atomic E-state index is 0.197. The number of hydrogen-bond acceptors (Lipinski definition) is 8. The average Bonchev–Trinajstić information content (AvgIpc) is 3.21. The molecule has 0 amide bonds. The van der Waals surface area contributed by atoms with Gasteiger partial charge in [0.15, 0.2) is 5.82 Å². The van der Waals surface area contributed by atoms with Crippen LogP contribution in [0.25, 0.3) is 10.2 Å². The van der Waals surface area contributed by atoms with Gasteiger partial charge in [0.25, 0.3) is 0 Å². The molecule has 0 saturated carbocycles. The first-order chi connectivity index (χ1) is 13.0. The van der Waals surface area contributed by atoms with Crippen LogP contribution >= 0.6 is 23.1 Å². The molecule has 144 valence electrons. The number of fused-ring (bicyclic) bond motifs is 1. The molecule has 1 N–H and O–H groups in total. The molecule has 0 aliphatic carbocycles. The standard InChI is InChI=1S/C17H23N7OS2/c1-10(2)24-17(20-21-22-24)27-16-14-11(3)12(4)26-15(14)18-13(19-16)9-23-5-7-25-8-6-23/h10H,5-9H2,1-4H3/p+1. The molecule has 10 heteroatoms. The van der Waals surface area contributed by atoms with Gasteiger partial charge in [0.2, 0.25) is 5.16 Å². The molecule has 1 fully saturated rings. The Morgan fingerprint density at radius 2 is 2.00 bits per heavy atom. The SMILES string of the molecule is Cc1sc2nc(C[NH+]3CCOCC3)nc(Sc3nnnn3C(C)C)c2c1C. The molecular weight excluding hydrogens is 382 g/mol. The summed E-state index contributed by atoms with van der Waals surface area (Å²) in [4.78, 5) is 13.6. The van der Waals surface area contributed by atoms with E-state index in [1.54, 1.807) is 11.3 Å². The van der Waals surface area contributed by atoms with E-state index < -0.39 is 0 Å². The van der Waals surface area contributed by atoms with Gasteiger partial charge in [0.05, 0.1) is 19.3 Å². The number of tetrazole rings is 1. The highest BCUT2D eigenvalue weighted by Crippen LogP contribution is 2.37. The predicted octanol–water partition coefficient (Wildman–Crippen LogP) is 1.44. The van der Waals surface area contributed by atoms with Crippen molar-refractivity contribution in [2.24, 2.45) is 0 Å². The van der Waals surface area contributed by atoms with Crippen LogP contribution in [-0.2, 0) is 11.3 Å². The molecule has 1 aliphatic heterocycles. The summed E-state index contributed by atoms with van der Waals surface area (Å²) in [6.07, 6.45) is 0. The van der Waals surface area contributed by atoms with Gasteiger partial charge in [-0.1, -0.05) is 0 Å². The van der Waals surface area contributed by atoms with E-state index >= 15 is 0 Å². The summed E-state index contributed by atoms with van der Waals surface area (Å²) in [7, 11) is 0. The number of nitrogens with zero attached hydrogens (tertiary/aromatic N) is 6. The maximum atomic E-state index is 5.47. The molecule has 0 unspecified atom stereocenters. The van der Waals surface area contributed by atoms with Crippen molar-refractivity contribution < 1.29 is 9.64 Å². The van der Waals surface area contributed by atoms with Gasteiger partial charge in [-0.3, -0.25) is 0 Å². The number of hydrogen-bond donors (Lipinski definition) is 1. The first-order valence-electron chi connectivity index (χ1n) is 9.16. The highest BCUT2D eigenvalue weighted by atomic mass is 32.2. The van der Waals surface area contributed by atoms with Gasteiger partial charge in [0, 0.05) is 10.3 Å². The second kappa shape index (κ2) is 7.78. The van der Waals surface area contributed by atoms with Crippen LogP contribution in [0.3, 0.4) is 0 Å². The van der Waals surface area contributed by atoms with Gasteiger partial charge in [-0.15, -0.1) is 16.4 Å². The van der Waals surface area contributed by atoms with Crippen LogP contribution in [0.4, 0.5) is 0 Å². The normalized spacial score (nSPS) is 15.9. The van der Waals surface area contributed by atoms with Crippen molar-refractivity contribution in [3.8, 4) is 0 Å². The molecule has 0 bridgehead atoms. The highest BCUT2D eigenvalue weighted by Gasteiger charge is 2.22. The number of morpholine rings is 1. The molecule has 8 nitrogen and oxygen atoms in total. The molecule has 4 heterocycles. The zero-order valence-electron chi connectivity index (χ0n) is 16.0. The number of quaternary nitrogens is 1. The Hall–Kier alpha value is -1.62. The van der Waals surface area contributed by atoms with Crippen LogP contribution in [0.1, 0.15) is 36.2 Å². The molecule has 4 rings (SSSR count). The van der Waals surface area contributed by atoms with Crippen molar-refractivity contribution in [2.75, 3.05) is 26.3 Å². The molecule has 1 aliphatic rings. The summed E-state index contributed by atoms with van der Waals surface area (Å²) < 4.78 is 7.30. The minimum Gasteiger partial charge on any atom is -0.370 e. The van der Waals surface area contributed by atoms with Crippen molar-refractivity contribution in [2.45, 2.75) is 50.5 Å². The van der Waals surface area contributed by atoms with E-state index in [9.17, 15) is 0 Å². The second-order valence-electron chi connectivity index (χ2n) is 7.05. The van der Waals surface area contributed by atoms with E-state index in [4.69, 9.17) is 14.7 Å². The van der Waals surface area contributed by atoms with Crippen LogP contribution in [0.15, 0.2) is 10.2 Å². The molecule has 0 spiro atoms. The Balaban J connectivity index is 1.73. The number of aromatic nitrogens is 6. The summed E-state index contributed by atoms with van der Waals surface area (Å²) in [5, 5.41) is 15.0. The zero-order chi connectivity index (χ0) is 19.0. The summed E-state index contributed by atoms with van der Waals surface area (Å²) in [5.74, 6) is 0.881. The van der Waals surface area contributed by atoms with Crippen LogP contribution in [0.2, 0.25) is 0 Å². The van der Waals surface area contributed by atoms with Crippen LogP contribution in [0, 0.1) is 13.8 Å². The molecular formula is C17H24N7OS2+. The van der Waals surface area contributed by atoms with Crippen molar-refractivity contribution in [1.82, 2.24) is 30.2 Å². The molecule has 0 atom stereocenters. The van der Waals surface area contributed by atoms with Gasteiger partial charge in [0.1, 0.15) is 29.5 Å². The maximum Gasteiger partial charge on any atom is 0.215 e. The third-order valence-electron chi connectivity index (χ3n) is 4.79. The van der Waals surface area contributed by atoms with E-state index in [1.807, 2.05) is 4.68 Å². The number of rotatable bonds is 5. The third kappa shape index (κ3) is 3.84. The van der Waals surface area contributed by atoms with Gasteiger partial charge in [-0.2, -0.15) is 0 Å². The van der Waals surface area contributed by atoms with E-state index in [0.717, 1.165) is 59.1 Å². The molecule has 1 saturated heterocycles. The predicted molar refractivity (Wildman–Crippen MR) is 104 cm³/mol. The Kier molecular flexibility index (Phi) is 5.40. The smallest absolute Gasteiger partial charge is 0.215 e. The topological polar surface area (TPSA) is 83.1 Å². The van der Waals surface area contributed by atoms with E-state index in [0.29, 0.717) is 0 Å². The first kappa shape index (κ1) is 18.7. The van der Waals surface area contributed by atoms with Crippen molar-refractivity contribution in [1.29, 1.82) is 0 Å². The van der Waals surface area contributed by atoms with Crippen LogP contribution in [0.5, 0.6) is 0 Å². The monoisotopic (exact) mass is 406 g/mol. The van der Waals surface area contributed by atoms with E-state index in [-0.39, 0.29) is 6.04 Å². The van der Waals surface area contributed by atoms with Crippen molar-refractivity contribution in [3.63, 3.8) is 0 Å². The lowest BCUT2D eigenvalue weighted by molar-refractivity contribution is -0.922. The van der Waals surface area contributed by atoms with Gasteiger partial charge in [-0.05, 0) is 55.4 Å². The summed E-state index contributed by atoms with van der Waals surface area (Å²) >= 11 is 3.27. The fourth-order valence-electron chi connectivity index (χ4n) is 3.13. The molecule has 27 heavy (non-hydrogen) atoms.